The number of amides is 4. The molecular weight excluding hydrogens is 542 g/mol. The Labute approximate surface area is 202 Å². The van der Waals surface area contributed by atoms with Crippen molar-refractivity contribution in [2.24, 2.45) is 0 Å². The van der Waals surface area contributed by atoms with Gasteiger partial charge in [-0.2, -0.15) is 0 Å². The van der Waals surface area contributed by atoms with Gasteiger partial charge in [0, 0.05) is 45.9 Å². The largest absolute Gasteiger partial charge is 0.397 e. The second-order valence-electron chi connectivity index (χ2n) is 7.86. The summed E-state index contributed by atoms with van der Waals surface area (Å²) in [6, 6.07) is 11.0. The first-order chi connectivity index (χ1) is 15.3. The minimum Gasteiger partial charge on any atom is -0.397 e. The van der Waals surface area contributed by atoms with Crippen LogP contribution in [0.4, 0.5) is 16.2 Å². The average Bonchev–Trinajstić information content (AvgIpc) is 2.80. The lowest BCUT2D eigenvalue weighted by atomic mass is 10.0. The number of benzene rings is 2. The molecular formula is C22H23Br2N5O3. The van der Waals surface area contributed by atoms with Crippen molar-refractivity contribution >= 4 is 61.1 Å². The van der Waals surface area contributed by atoms with E-state index in [-0.39, 0.29) is 30.4 Å². The van der Waals surface area contributed by atoms with Crippen molar-refractivity contribution in [1.82, 2.24) is 15.1 Å². The minimum absolute atomic E-state index is 0.0754. The fourth-order valence-electron chi connectivity index (χ4n) is 4.03. The van der Waals surface area contributed by atoms with Gasteiger partial charge < -0.3 is 26.2 Å². The molecule has 1 saturated heterocycles. The van der Waals surface area contributed by atoms with E-state index in [0.29, 0.717) is 52.7 Å². The Bertz CT molecular complexity index is 1050. The van der Waals surface area contributed by atoms with E-state index >= 15 is 0 Å². The number of para-hydroxylation sites is 1. The highest BCUT2D eigenvalue weighted by molar-refractivity contribution is 9.11. The maximum absolute atomic E-state index is 12.6. The summed E-state index contributed by atoms with van der Waals surface area (Å²) >= 11 is 6.63. The third-order valence-electron chi connectivity index (χ3n) is 5.86. The molecule has 0 aromatic heterocycles. The van der Waals surface area contributed by atoms with Crippen LogP contribution in [-0.2, 0) is 11.3 Å². The van der Waals surface area contributed by atoms with Gasteiger partial charge >= 0.3 is 6.03 Å². The van der Waals surface area contributed by atoms with Crippen molar-refractivity contribution in [2.75, 3.05) is 30.7 Å². The van der Waals surface area contributed by atoms with Crippen LogP contribution in [0, 0.1) is 0 Å². The van der Waals surface area contributed by atoms with Crippen molar-refractivity contribution < 1.29 is 14.4 Å². The Morgan fingerprint density at radius 2 is 1.78 bits per heavy atom. The molecule has 2 heterocycles. The van der Waals surface area contributed by atoms with Gasteiger partial charge in [0.1, 0.15) is 0 Å². The number of urea groups is 1. The zero-order chi connectivity index (χ0) is 22.8. The topological polar surface area (TPSA) is 108 Å². The molecule has 0 saturated carbocycles. The van der Waals surface area contributed by atoms with E-state index in [4.69, 9.17) is 5.73 Å². The van der Waals surface area contributed by atoms with E-state index in [9.17, 15) is 14.4 Å². The summed E-state index contributed by atoms with van der Waals surface area (Å²) in [4.78, 5) is 41.2. The van der Waals surface area contributed by atoms with Gasteiger partial charge in [-0.15, -0.1) is 0 Å². The van der Waals surface area contributed by atoms with Crippen molar-refractivity contribution in [2.45, 2.75) is 25.4 Å². The molecule has 10 heteroatoms. The monoisotopic (exact) mass is 563 g/mol. The summed E-state index contributed by atoms with van der Waals surface area (Å²) in [5.74, 6) is -0.489. The summed E-state index contributed by atoms with van der Waals surface area (Å²) in [7, 11) is 0. The fraction of sp³-hybridized carbons (Fsp3) is 0.318. The molecule has 32 heavy (non-hydrogen) atoms. The standard InChI is InChI=1S/C22H23Br2N5O3/c23-16-9-14(10-17(24)20(16)25)21(31)26-11-19(30)28-7-5-15(6-8-28)29-12-13-3-1-2-4-18(13)27-22(29)32/h1-4,9-10,15H,5-8,11-12,25H2,(H,26,31)(H,27,32). The number of nitrogens with one attached hydrogen (secondary N) is 2. The number of fused-ring (bicyclic) bond motifs is 1. The number of halogens is 2. The Morgan fingerprint density at radius 3 is 2.47 bits per heavy atom. The highest BCUT2D eigenvalue weighted by Gasteiger charge is 2.32. The summed E-state index contributed by atoms with van der Waals surface area (Å²) in [5, 5.41) is 5.62. The van der Waals surface area contributed by atoms with Crippen molar-refractivity contribution in [3.63, 3.8) is 0 Å². The zero-order valence-electron chi connectivity index (χ0n) is 17.2. The Kier molecular flexibility index (Phi) is 6.71. The van der Waals surface area contributed by atoms with Crippen LogP contribution in [0.2, 0.25) is 0 Å². The molecule has 2 aliphatic rings. The van der Waals surface area contributed by atoms with Gasteiger partial charge in [-0.3, -0.25) is 9.59 Å². The number of hydrogen-bond donors (Lipinski definition) is 3. The van der Waals surface area contributed by atoms with Crippen LogP contribution in [0.1, 0.15) is 28.8 Å². The second kappa shape index (κ2) is 9.50. The van der Waals surface area contributed by atoms with Crippen LogP contribution >= 0.6 is 31.9 Å². The first kappa shape index (κ1) is 22.6. The number of anilines is 2. The van der Waals surface area contributed by atoms with Crippen LogP contribution in [0.3, 0.4) is 0 Å². The van der Waals surface area contributed by atoms with Gasteiger partial charge in [0.2, 0.25) is 5.91 Å². The lowest BCUT2D eigenvalue weighted by molar-refractivity contribution is -0.131. The van der Waals surface area contributed by atoms with E-state index in [1.165, 1.54) is 0 Å². The van der Waals surface area contributed by atoms with Gasteiger partial charge in [0.05, 0.1) is 12.2 Å². The number of hydrogen-bond acceptors (Lipinski definition) is 4. The van der Waals surface area contributed by atoms with E-state index in [1.54, 1.807) is 17.0 Å². The first-order valence-corrected chi connectivity index (χ1v) is 11.9. The third-order valence-corrected chi connectivity index (χ3v) is 7.17. The average molecular weight is 565 g/mol. The Morgan fingerprint density at radius 1 is 1.12 bits per heavy atom. The molecule has 1 fully saturated rings. The molecule has 2 aromatic rings. The van der Waals surface area contributed by atoms with Gasteiger partial charge in [-0.25, -0.2) is 4.79 Å². The summed E-state index contributed by atoms with van der Waals surface area (Å²) in [5.41, 5.74) is 8.71. The van der Waals surface area contributed by atoms with Gasteiger partial charge in [0.25, 0.3) is 5.91 Å². The number of nitrogen functional groups attached to an aromatic ring is 1. The molecule has 0 spiro atoms. The first-order valence-electron chi connectivity index (χ1n) is 10.3. The molecule has 0 aliphatic carbocycles. The van der Waals surface area contributed by atoms with Crippen LogP contribution in [-0.4, -0.2) is 53.3 Å². The normalized spacial score (nSPS) is 16.4. The zero-order valence-corrected chi connectivity index (χ0v) is 20.4. The minimum atomic E-state index is -0.349. The molecule has 168 valence electrons. The maximum Gasteiger partial charge on any atom is 0.322 e. The molecule has 0 unspecified atom stereocenters. The molecule has 4 N–H and O–H groups in total. The SMILES string of the molecule is Nc1c(Br)cc(C(=O)NCC(=O)N2CCC(N3Cc4ccccc4NC3=O)CC2)cc1Br. The van der Waals surface area contributed by atoms with Gasteiger partial charge in [-0.05, 0) is 68.5 Å². The second-order valence-corrected chi connectivity index (χ2v) is 9.57. The van der Waals surface area contributed by atoms with Gasteiger partial charge in [-0.1, -0.05) is 18.2 Å². The van der Waals surface area contributed by atoms with Crippen molar-refractivity contribution in [3.05, 3.63) is 56.5 Å². The number of carbonyl (C=O) groups excluding carboxylic acids is 3. The molecule has 2 aromatic carbocycles. The number of nitrogens with two attached hydrogens (primary N) is 1. The quantitative estimate of drug-likeness (QED) is 0.493. The summed E-state index contributed by atoms with van der Waals surface area (Å²) in [6.45, 7) is 1.58. The lowest BCUT2D eigenvalue weighted by Crippen LogP contribution is -2.52. The number of likely N-dealkylation sites (tertiary alicyclic amines) is 1. The predicted octanol–water partition coefficient (Wildman–Crippen LogP) is 3.56. The van der Waals surface area contributed by atoms with Crippen molar-refractivity contribution in [1.29, 1.82) is 0 Å². The van der Waals surface area contributed by atoms with E-state index in [0.717, 1.165) is 11.3 Å². The number of carbonyl (C=O) groups is 3. The molecule has 8 nitrogen and oxygen atoms in total. The molecule has 4 rings (SSSR count). The maximum atomic E-state index is 12.6. The van der Waals surface area contributed by atoms with Crippen LogP contribution < -0.4 is 16.4 Å². The Hall–Kier alpha value is -2.59. The Balaban J connectivity index is 1.28. The molecule has 0 atom stereocenters. The molecule has 2 aliphatic heterocycles. The van der Waals surface area contributed by atoms with E-state index < -0.39 is 0 Å². The highest BCUT2D eigenvalue weighted by Crippen LogP contribution is 2.30. The van der Waals surface area contributed by atoms with Crippen LogP contribution in [0.5, 0.6) is 0 Å². The fourth-order valence-corrected chi connectivity index (χ4v) is 5.22. The highest BCUT2D eigenvalue weighted by atomic mass is 79.9. The van der Waals surface area contributed by atoms with E-state index in [2.05, 4.69) is 42.5 Å². The number of nitrogens with zero attached hydrogens (tertiary/aromatic N) is 2. The van der Waals surface area contributed by atoms with E-state index in [1.807, 2.05) is 29.2 Å². The lowest BCUT2D eigenvalue weighted by Gasteiger charge is -2.40. The molecule has 4 amide bonds. The summed E-state index contributed by atoms with van der Waals surface area (Å²) in [6.07, 6.45) is 1.40. The molecule has 0 bridgehead atoms. The van der Waals surface area contributed by atoms with Crippen LogP contribution in [0.15, 0.2) is 45.3 Å². The predicted molar refractivity (Wildman–Crippen MR) is 129 cm³/mol. The summed E-state index contributed by atoms with van der Waals surface area (Å²) < 4.78 is 1.21. The number of rotatable bonds is 4. The molecule has 0 radical (unpaired) electrons. The smallest absolute Gasteiger partial charge is 0.322 e. The number of piperidine rings is 1. The third kappa shape index (κ3) is 4.75. The van der Waals surface area contributed by atoms with Crippen molar-refractivity contribution in [3.8, 4) is 0 Å². The van der Waals surface area contributed by atoms with Crippen LogP contribution in [0.25, 0.3) is 0 Å². The van der Waals surface area contributed by atoms with Gasteiger partial charge in [0.15, 0.2) is 0 Å².